The van der Waals surface area contributed by atoms with Crippen LogP contribution in [0, 0.1) is 16.0 Å². The molecule has 0 aromatic heterocycles. The standard InChI is InChI=1S/C12H15ClN2O6S/c1-7(2)6-9(12(16)17)14-22(20,21)11-8(13)4-3-5-10(11)15(18)19/h3-5,7,9,14H,6H2,1-2H3,(H,16,17). The number of hydrogen-bond donors (Lipinski definition) is 2. The molecule has 0 aliphatic heterocycles. The average molecular weight is 351 g/mol. The summed E-state index contributed by atoms with van der Waals surface area (Å²) >= 11 is 5.76. The quantitative estimate of drug-likeness (QED) is 0.572. The number of halogens is 1. The second kappa shape index (κ2) is 7.03. The minimum atomic E-state index is -4.46. The second-order valence-electron chi connectivity index (χ2n) is 4.99. The zero-order valence-corrected chi connectivity index (χ0v) is 13.4. The normalized spacial score (nSPS) is 13.1. The molecule has 1 rings (SSSR count). The van der Waals surface area contributed by atoms with E-state index in [9.17, 15) is 23.3 Å². The van der Waals surface area contributed by atoms with Crippen molar-refractivity contribution in [2.24, 2.45) is 5.92 Å². The molecule has 0 radical (unpaired) electrons. The van der Waals surface area contributed by atoms with Gasteiger partial charge in [-0.25, -0.2) is 8.42 Å². The number of benzene rings is 1. The van der Waals surface area contributed by atoms with Crippen molar-refractivity contribution < 1.29 is 23.2 Å². The van der Waals surface area contributed by atoms with Gasteiger partial charge in [-0.05, 0) is 18.4 Å². The van der Waals surface area contributed by atoms with Crippen molar-refractivity contribution in [1.29, 1.82) is 0 Å². The van der Waals surface area contributed by atoms with Gasteiger partial charge in [-0.2, -0.15) is 4.72 Å². The highest BCUT2D eigenvalue weighted by atomic mass is 35.5. The number of carboxylic acids is 1. The highest BCUT2D eigenvalue weighted by Gasteiger charge is 2.33. The summed E-state index contributed by atoms with van der Waals surface area (Å²) in [5.74, 6) is -1.46. The first-order valence-electron chi connectivity index (χ1n) is 6.24. The summed E-state index contributed by atoms with van der Waals surface area (Å²) in [6.45, 7) is 3.45. The Hall–Kier alpha value is -1.71. The van der Waals surface area contributed by atoms with Gasteiger partial charge in [0.25, 0.3) is 5.69 Å². The van der Waals surface area contributed by atoms with Crippen molar-refractivity contribution in [2.75, 3.05) is 0 Å². The molecule has 0 saturated carbocycles. The van der Waals surface area contributed by atoms with Crippen molar-refractivity contribution in [3.63, 3.8) is 0 Å². The molecule has 8 nitrogen and oxygen atoms in total. The lowest BCUT2D eigenvalue weighted by Gasteiger charge is -2.17. The average Bonchev–Trinajstić information content (AvgIpc) is 2.36. The van der Waals surface area contributed by atoms with Gasteiger partial charge in [-0.15, -0.1) is 0 Å². The molecule has 0 spiro atoms. The molecule has 122 valence electrons. The third-order valence-electron chi connectivity index (χ3n) is 2.71. The lowest BCUT2D eigenvalue weighted by molar-refractivity contribution is -0.387. The predicted octanol–water partition coefficient (Wildman–Crippen LogP) is 2.03. The smallest absolute Gasteiger partial charge is 0.321 e. The van der Waals surface area contributed by atoms with Gasteiger partial charge in [0.05, 0.1) is 9.95 Å². The van der Waals surface area contributed by atoms with E-state index in [1.807, 2.05) is 4.72 Å². The SMILES string of the molecule is CC(C)CC(NS(=O)(=O)c1c(Cl)cccc1[N+](=O)[O-])C(=O)O. The van der Waals surface area contributed by atoms with E-state index < -0.39 is 37.5 Å². The van der Waals surface area contributed by atoms with Crippen molar-refractivity contribution in [2.45, 2.75) is 31.2 Å². The molecule has 1 atom stereocenters. The zero-order valence-electron chi connectivity index (χ0n) is 11.8. The lowest BCUT2D eigenvalue weighted by Crippen LogP contribution is -2.41. The van der Waals surface area contributed by atoms with Gasteiger partial charge in [0.15, 0.2) is 4.90 Å². The topological polar surface area (TPSA) is 127 Å². The van der Waals surface area contributed by atoms with Crippen LogP contribution in [0.5, 0.6) is 0 Å². The number of rotatable bonds is 7. The number of nitrogens with zero attached hydrogens (tertiary/aromatic N) is 1. The van der Waals surface area contributed by atoms with E-state index >= 15 is 0 Å². The van der Waals surface area contributed by atoms with Crippen LogP contribution in [0.15, 0.2) is 23.1 Å². The minimum absolute atomic E-state index is 0.0345. The fourth-order valence-electron chi connectivity index (χ4n) is 1.82. The van der Waals surface area contributed by atoms with E-state index in [1.54, 1.807) is 13.8 Å². The summed E-state index contributed by atoms with van der Waals surface area (Å²) in [4.78, 5) is 20.5. The van der Waals surface area contributed by atoms with Crippen LogP contribution in [-0.4, -0.2) is 30.5 Å². The number of aliphatic carboxylic acids is 1. The number of carboxylic acid groups (broad SMARTS) is 1. The van der Waals surface area contributed by atoms with Gasteiger partial charge in [0.1, 0.15) is 6.04 Å². The van der Waals surface area contributed by atoms with E-state index in [0.29, 0.717) is 0 Å². The highest BCUT2D eigenvalue weighted by Crippen LogP contribution is 2.31. The molecule has 0 heterocycles. The van der Waals surface area contributed by atoms with Crippen LogP contribution in [0.3, 0.4) is 0 Å². The third-order valence-corrected chi connectivity index (χ3v) is 4.70. The molecule has 10 heteroatoms. The van der Waals surface area contributed by atoms with Gasteiger partial charge in [-0.3, -0.25) is 14.9 Å². The Balaban J connectivity index is 3.30. The Morgan fingerprint density at radius 2 is 2.05 bits per heavy atom. The molecule has 22 heavy (non-hydrogen) atoms. The number of nitrogens with one attached hydrogen (secondary N) is 1. The number of hydrogen-bond acceptors (Lipinski definition) is 5. The molecule has 0 amide bonds. The molecule has 0 aliphatic rings. The monoisotopic (exact) mass is 350 g/mol. The summed E-state index contributed by atoms with van der Waals surface area (Å²) in [7, 11) is -4.46. The van der Waals surface area contributed by atoms with Crippen LogP contribution in [0.4, 0.5) is 5.69 Å². The van der Waals surface area contributed by atoms with Crippen LogP contribution in [0.1, 0.15) is 20.3 Å². The van der Waals surface area contributed by atoms with Crippen LogP contribution in [-0.2, 0) is 14.8 Å². The molecule has 0 bridgehead atoms. The van der Waals surface area contributed by atoms with Gasteiger partial charge in [0, 0.05) is 6.07 Å². The fraction of sp³-hybridized carbons (Fsp3) is 0.417. The van der Waals surface area contributed by atoms with Crippen LogP contribution in [0.2, 0.25) is 5.02 Å². The fourth-order valence-corrected chi connectivity index (χ4v) is 3.73. The van der Waals surface area contributed by atoms with Crippen LogP contribution >= 0.6 is 11.6 Å². The summed E-state index contributed by atoms with van der Waals surface area (Å²) < 4.78 is 26.6. The number of sulfonamides is 1. The summed E-state index contributed by atoms with van der Waals surface area (Å²) in [5, 5.41) is 19.7. The molecular weight excluding hydrogens is 336 g/mol. The van der Waals surface area contributed by atoms with Crippen molar-refractivity contribution in [1.82, 2.24) is 4.72 Å². The van der Waals surface area contributed by atoms with E-state index in [2.05, 4.69) is 0 Å². The molecule has 2 N–H and O–H groups in total. The number of nitro groups is 1. The second-order valence-corrected chi connectivity index (χ2v) is 7.04. The maximum Gasteiger partial charge on any atom is 0.321 e. The number of nitro benzene ring substituents is 1. The summed E-state index contributed by atoms with van der Waals surface area (Å²) in [6.07, 6.45) is 0.0345. The van der Waals surface area contributed by atoms with Gasteiger partial charge >= 0.3 is 5.97 Å². The van der Waals surface area contributed by atoms with E-state index in [1.165, 1.54) is 12.1 Å². The van der Waals surface area contributed by atoms with Crippen molar-refractivity contribution in [3.8, 4) is 0 Å². The minimum Gasteiger partial charge on any atom is -0.480 e. The van der Waals surface area contributed by atoms with Crippen LogP contribution < -0.4 is 4.72 Å². The van der Waals surface area contributed by atoms with E-state index in [0.717, 1.165) is 6.07 Å². The van der Waals surface area contributed by atoms with Gasteiger partial charge in [-0.1, -0.05) is 31.5 Å². The first kappa shape index (κ1) is 18.3. The Morgan fingerprint density at radius 1 is 1.45 bits per heavy atom. The maximum atomic E-state index is 12.3. The molecule has 0 saturated heterocycles. The zero-order chi connectivity index (χ0) is 17.1. The van der Waals surface area contributed by atoms with Crippen molar-refractivity contribution in [3.05, 3.63) is 33.3 Å². The molecule has 1 aromatic carbocycles. The maximum absolute atomic E-state index is 12.3. The highest BCUT2D eigenvalue weighted by molar-refractivity contribution is 7.89. The molecular formula is C12H15ClN2O6S. The third kappa shape index (κ3) is 4.39. The summed E-state index contributed by atoms with van der Waals surface area (Å²) in [5.41, 5.74) is -0.714. The van der Waals surface area contributed by atoms with Crippen molar-refractivity contribution >= 4 is 33.3 Å². The Morgan fingerprint density at radius 3 is 2.50 bits per heavy atom. The molecule has 0 aliphatic carbocycles. The molecule has 1 unspecified atom stereocenters. The lowest BCUT2D eigenvalue weighted by atomic mass is 10.1. The van der Waals surface area contributed by atoms with E-state index in [4.69, 9.17) is 16.7 Å². The number of carbonyl (C=O) groups is 1. The largest absolute Gasteiger partial charge is 0.480 e. The van der Waals surface area contributed by atoms with Gasteiger partial charge in [0.2, 0.25) is 10.0 Å². The molecule has 1 aromatic rings. The Bertz CT molecular complexity index is 689. The van der Waals surface area contributed by atoms with Crippen LogP contribution in [0.25, 0.3) is 0 Å². The van der Waals surface area contributed by atoms with E-state index in [-0.39, 0.29) is 17.4 Å². The van der Waals surface area contributed by atoms with Gasteiger partial charge < -0.3 is 5.11 Å². The first-order chi connectivity index (χ1) is 10.1. The molecule has 0 fully saturated rings. The first-order valence-corrected chi connectivity index (χ1v) is 8.10. The predicted molar refractivity (Wildman–Crippen MR) is 79.3 cm³/mol. The summed E-state index contributed by atoms with van der Waals surface area (Å²) in [6, 6.07) is 2.00. The Labute approximate surface area is 132 Å². The Kier molecular flexibility index (Phi) is 5.86.